The van der Waals surface area contributed by atoms with E-state index in [9.17, 15) is 19.8 Å². The van der Waals surface area contributed by atoms with E-state index in [0.717, 1.165) is 44.9 Å². The molecule has 6 nitrogen and oxygen atoms in total. The van der Waals surface area contributed by atoms with Crippen LogP contribution in [-0.4, -0.2) is 47.4 Å². The number of carbonyl (C=O) groups is 2. The first-order chi connectivity index (χ1) is 34.5. The van der Waals surface area contributed by atoms with Crippen LogP contribution in [0.25, 0.3) is 0 Å². The highest BCUT2D eigenvalue weighted by molar-refractivity contribution is 5.76. The summed E-state index contributed by atoms with van der Waals surface area (Å²) in [6.45, 7) is 4.87. The van der Waals surface area contributed by atoms with Crippen molar-refractivity contribution in [3.05, 3.63) is 36.5 Å². The van der Waals surface area contributed by atoms with Crippen molar-refractivity contribution in [2.75, 3.05) is 13.2 Å². The average Bonchev–Trinajstić information content (AvgIpc) is 3.36. The number of esters is 1. The Bertz CT molecular complexity index is 1130. The minimum atomic E-state index is -0.844. The smallest absolute Gasteiger partial charge is 0.305 e. The highest BCUT2D eigenvalue weighted by Crippen LogP contribution is 2.17. The lowest BCUT2D eigenvalue weighted by atomic mass is 10.0. The lowest BCUT2D eigenvalue weighted by Gasteiger charge is -2.20. The van der Waals surface area contributed by atoms with Crippen LogP contribution in [0, 0.1) is 0 Å². The van der Waals surface area contributed by atoms with Gasteiger partial charge in [0.05, 0.1) is 25.4 Å². The van der Waals surface area contributed by atoms with Gasteiger partial charge >= 0.3 is 5.97 Å². The zero-order chi connectivity index (χ0) is 50.7. The molecule has 0 aromatic carbocycles. The van der Waals surface area contributed by atoms with E-state index in [1.807, 2.05) is 6.08 Å². The Hall–Kier alpha value is -1.92. The van der Waals surface area contributed by atoms with Gasteiger partial charge < -0.3 is 20.3 Å². The van der Waals surface area contributed by atoms with E-state index in [0.29, 0.717) is 19.4 Å². The Morgan fingerprint density at radius 1 is 0.386 bits per heavy atom. The number of aliphatic hydroxyl groups is 2. The molecular formula is C64H121NO5. The minimum absolute atomic E-state index is 0.00418. The lowest BCUT2D eigenvalue weighted by molar-refractivity contribution is -0.143. The summed E-state index contributed by atoms with van der Waals surface area (Å²) >= 11 is 0. The monoisotopic (exact) mass is 984 g/mol. The van der Waals surface area contributed by atoms with Crippen LogP contribution in [-0.2, 0) is 14.3 Å². The number of carbonyl (C=O) groups excluding carboxylic acids is 2. The summed E-state index contributed by atoms with van der Waals surface area (Å²) < 4.78 is 5.46. The molecule has 3 N–H and O–H groups in total. The van der Waals surface area contributed by atoms with Crippen molar-refractivity contribution in [1.29, 1.82) is 0 Å². The summed E-state index contributed by atoms with van der Waals surface area (Å²) in [6.07, 6.45) is 74.8. The van der Waals surface area contributed by atoms with Gasteiger partial charge in [0.25, 0.3) is 0 Å². The maximum Gasteiger partial charge on any atom is 0.305 e. The summed E-state index contributed by atoms with van der Waals surface area (Å²) in [7, 11) is 0. The molecule has 2 atom stereocenters. The molecule has 0 aliphatic rings. The molecule has 0 saturated carbocycles. The molecule has 0 aromatic rings. The number of allylic oxidation sites excluding steroid dienone is 5. The molecule has 0 spiro atoms. The zero-order valence-corrected chi connectivity index (χ0v) is 47.0. The minimum Gasteiger partial charge on any atom is -0.466 e. The predicted molar refractivity (Wildman–Crippen MR) is 306 cm³/mol. The van der Waals surface area contributed by atoms with Gasteiger partial charge in [0.2, 0.25) is 5.91 Å². The molecule has 1 amide bonds. The molecule has 0 radical (unpaired) electrons. The van der Waals surface area contributed by atoms with Crippen LogP contribution in [0.1, 0.15) is 335 Å². The predicted octanol–water partition coefficient (Wildman–Crippen LogP) is 19.6. The fourth-order valence-electron chi connectivity index (χ4n) is 9.55. The van der Waals surface area contributed by atoms with E-state index in [2.05, 4.69) is 43.5 Å². The standard InChI is InChI=1S/C64H121NO5/c1-3-5-7-9-11-13-15-16-33-37-40-44-48-52-56-62(67)61(60-66)65-63(68)57-53-49-45-41-38-34-31-29-27-25-23-21-19-17-18-20-22-24-26-28-30-32-35-39-43-47-51-55-59-70-64(69)58-54-50-46-42-36-14-12-10-8-6-4-2/h10,12,17-18,52,56,61-62,66-67H,3-9,11,13-16,19-51,53-55,57-60H2,1-2H3,(H,65,68)/b12-10-,18-17-,56-52+. The summed E-state index contributed by atoms with van der Waals surface area (Å²) in [5.41, 5.74) is 0. The van der Waals surface area contributed by atoms with Crippen LogP contribution in [0.5, 0.6) is 0 Å². The average molecular weight is 985 g/mol. The molecule has 0 rings (SSSR count). The summed E-state index contributed by atoms with van der Waals surface area (Å²) in [4.78, 5) is 24.4. The fraction of sp³-hybridized carbons (Fsp3) is 0.875. The second-order valence-electron chi connectivity index (χ2n) is 21.4. The van der Waals surface area contributed by atoms with Crippen LogP contribution >= 0.6 is 0 Å². The SMILES string of the molecule is CCCC/C=C\CCCCCCCC(=O)OCCCCCCCCCCCCCC/C=C\CCCCCCCCCCCCCCC(=O)NC(CO)C(O)/C=C/CCCCCCCCCCCCCC. The lowest BCUT2D eigenvalue weighted by Crippen LogP contribution is -2.45. The van der Waals surface area contributed by atoms with E-state index in [1.165, 1.54) is 263 Å². The molecule has 2 unspecified atom stereocenters. The second kappa shape index (κ2) is 59.6. The van der Waals surface area contributed by atoms with Gasteiger partial charge in [-0.1, -0.05) is 281 Å². The molecular weight excluding hydrogens is 863 g/mol. The number of ether oxygens (including phenoxy) is 1. The summed E-state index contributed by atoms with van der Waals surface area (Å²) in [6, 6.07) is -0.627. The number of hydrogen-bond donors (Lipinski definition) is 3. The van der Waals surface area contributed by atoms with Gasteiger partial charge in [-0.15, -0.1) is 0 Å². The van der Waals surface area contributed by atoms with Crippen molar-refractivity contribution in [1.82, 2.24) is 5.32 Å². The summed E-state index contributed by atoms with van der Waals surface area (Å²) in [5, 5.41) is 23.1. The first-order valence-electron chi connectivity index (χ1n) is 31.3. The van der Waals surface area contributed by atoms with Gasteiger partial charge in [-0.25, -0.2) is 0 Å². The highest BCUT2D eigenvalue weighted by Gasteiger charge is 2.18. The molecule has 0 aliphatic carbocycles. The Morgan fingerprint density at radius 3 is 1.06 bits per heavy atom. The largest absolute Gasteiger partial charge is 0.466 e. The zero-order valence-electron chi connectivity index (χ0n) is 47.0. The quantitative estimate of drug-likeness (QED) is 0.0321. The van der Waals surface area contributed by atoms with Crippen LogP contribution < -0.4 is 5.32 Å². The van der Waals surface area contributed by atoms with Gasteiger partial charge in [-0.3, -0.25) is 9.59 Å². The number of rotatable bonds is 58. The Kier molecular flexibility index (Phi) is 58.0. The van der Waals surface area contributed by atoms with Gasteiger partial charge in [0.15, 0.2) is 0 Å². The van der Waals surface area contributed by atoms with Gasteiger partial charge in [-0.2, -0.15) is 0 Å². The maximum absolute atomic E-state index is 12.5. The Balaban J connectivity index is 3.40. The summed E-state index contributed by atoms with van der Waals surface area (Å²) in [5.74, 6) is -0.0629. The molecule has 0 fully saturated rings. The molecule has 412 valence electrons. The topological polar surface area (TPSA) is 95.9 Å². The van der Waals surface area contributed by atoms with Crippen LogP contribution in [0.3, 0.4) is 0 Å². The van der Waals surface area contributed by atoms with E-state index < -0.39 is 12.1 Å². The Morgan fingerprint density at radius 2 is 0.686 bits per heavy atom. The molecule has 0 heterocycles. The third kappa shape index (κ3) is 55.4. The van der Waals surface area contributed by atoms with Crippen molar-refractivity contribution < 1.29 is 24.5 Å². The number of aliphatic hydroxyl groups excluding tert-OH is 2. The second-order valence-corrected chi connectivity index (χ2v) is 21.4. The van der Waals surface area contributed by atoms with Gasteiger partial charge in [0.1, 0.15) is 0 Å². The molecule has 6 heteroatoms. The number of amides is 1. The fourth-order valence-corrected chi connectivity index (χ4v) is 9.55. The van der Waals surface area contributed by atoms with E-state index in [1.54, 1.807) is 6.08 Å². The van der Waals surface area contributed by atoms with Crippen molar-refractivity contribution in [3.8, 4) is 0 Å². The molecule has 0 aliphatic heterocycles. The molecule has 0 aromatic heterocycles. The van der Waals surface area contributed by atoms with Gasteiger partial charge in [-0.05, 0) is 77.0 Å². The van der Waals surface area contributed by atoms with E-state index >= 15 is 0 Å². The number of hydrogen-bond acceptors (Lipinski definition) is 5. The van der Waals surface area contributed by atoms with Crippen molar-refractivity contribution in [3.63, 3.8) is 0 Å². The van der Waals surface area contributed by atoms with Crippen molar-refractivity contribution in [2.24, 2.45) is 0 Å². The molecule has 70 heavy (non-hydrogen) atoms. The van der Waals surface area contributed by atoms with Gasteiger partial charge in [0, 0.05) is 12.8 Å². The van der Waals surface area contributed by atoms with Crippen LogP contribution in [0.4, 0.5) is 0 Å². The molecule has 0 saturated heterocycles. The van der Waals surface area contributed by atoms with Crippen molar-refractivity contribution >= 4 is 11.9 Å². The van der Waals surface area contributed by atoms with E-state index in [-0.39, 0.29) is 18.5 Å². The maximum atomic E-state index is 12.5. The van der Waals surface area contributed by atoms with E-state index in [4.69, 9.17) is 4.74 Å². The number of nitrogens with one attached hydrogen (secondary N) is 1. The number of unbranched alkanes of at least 4 members (excludes halogenated alkanes) is 43. The first-order valence-corrected chi connectivity index (χ1v) is 31.3. The molecule has 0 bridgehead atoms. The first kappa shape index (κ1) is 68.1. The van der Waals surface area contributed by atoms with Crippen LogP contribution in [0.15, 0.2) is 36.5 Å². The normalized spacial score (nSPS) is 12.8. The highest BCUT2D eigenvalue weighted by atomic mass is 16.5. The van der Waals surface area contributed by atoms with Crippen molar-refractivity contribution in [2.45, 2.75) is 347 Å². The Labute approximate surface area is 436 Å². The third-order valence-electron chi connectivity index (χ3n) is 14.4. The van der Waals surface area contributed by atoms with Crippen LogP contribution in [0.2, 0.25) is 0 Å². The third-order valence-corrected chi connectivity index (χ3v) is 14.4.